The number of aliphatic hydroxyl groups is 2. The Morgan fingerprint density at radius 2 is 1.85 bits per heavy atom. The first-order chi connectivity index (χ1) is 5.87. The molecule has 76 valence electrons. The van der Waals surface area contributed by atoms with Crippen molar-refractivity contribution in [2.24, 2.45) is 5.92 Å². The van der Waals surface area contributed by atoms with Crippen molar-refractivity contribution in [1.82, 2.24) is 0 Å². The Balaban J connectivity index is 2.34. The van der Waals surface area contributed by atoms with Gasteiger partial charge < -0.3 is 14.9 Å². The van der Waals surface area contributed by atoms with Gasteiger partial charge in [0.2, 0.25) is 0 Å². The molecule has 0 amide bonds. The molecule has 3 nitrogen and oxygen atoms in total. The second-order valence-corrected chi connectivity index (χ2v) is 5.10. The SMILES string of the molecule is CC1(C)O[C@@]2(C)CC[C@@H]1[C@H](O)[C@@H]2O. The summed E-state index contributed by atoms with van der Waals surface area (Å²) in [4.78, 5) is 0. The molecule has 2 N–H and O–H groups in total. The predicted octanol–water partition coefficient (Wildman–Crippen LogP) is 0.686. The van der Waals surface area contributed by atoms with Crippen LogP contribution in [-0.4, -0.2) is 33.6 Å². The lowest BCUT2D eigenvalue weighted by Gasteiger charge is -2.58. The van der Waals surface area contributed by atoms with Crippen LogP contribution in [0.3, 0.4) is 0 Å². The van der Waals surface area contributed by atoms with E-state index in [0.29, 0.717) is 0 Å². The largest absolute Gasteiger partial charge is 0.390 e. The van der Waals surface area contributed by atoms with E-state index in [1.54, 1.807) is 0 Å². The molecular weight excluding hydrogens is 168 g/mol. The standard InChI is InChI=1S/C10H18O3/c1-9(2)6-4-5-10(3,13-9)8(12)7(6)11/h6-8,11-12H,4-5H2,1-3H3/t6-,7+,8+,10+/m1/s1. The molecule has 4 atom stereocenters. The van der Waals surface area contributed by atoms with Gasteiger partial charge >= 0.3 is 0 Å². The van der Waals surface area contributed by atoms with Crippen LogP contribution in [0.15, 0.2) is 0 Å². The highest BCUT2D eigenvalue weighted by molar-refractivity contribution is 5.07. The molecular formula is C10H18O3. The summed E-state index contributed by atoms with van der Waals surface area (Å²) < 4.78 is 5.83. The number of hydrogen-bond donors (Lipinski definition) is 2. The van der Waals surface area contributed by atoms with E-state index >= 15 is 0 Å². The Bertz CT molecular complexity index is 226. The molecule has 0 spiro atoms. The molecule has 1 saturated carbocycles. The molecule has 0 aromatic rings. The fourth-order valence-electron chi connectivity index (χ4n) is 2.89. The van der Waals surface area contributed by atoms with E-state index in [9.17, 15) is 10.2 Å². The molecule has 3 rings (SSSR count). The summed E-state index contributed by atoms with van der Waals surface area (Å²) in [6.45, 7) is 5.87. The number of rotatable bonds is 0. The molecule has 2 bridgehead atoms. The van der Waals surface area contributed by atoms with E-state index in [-0.39, 0.29) is 11.5 Å². The molecule has 1 aliphatic carbocycles. The van der Waals surface area contributed by atoms with Gasteiger partial charge in [0.05, 0.1) is 17.3 Å². The van der Waals surface area contributed by atoms with Crippen LogP contribution in [0.5, 0.6) is 0 Å². The van der Waals surface area contributed by atoms with E-state index in [1.165, 1.54) is 0 Å². The zero-order valence-electron chi connectivity index (χ0n) is 8.45. The van der Waals surface area contributed by atoms with Crippen molar-refractivity contribution in [2.45, 2.75) is 57.0 Å². The Morgan fingerprint density at radius 1 is 1.23 bits per heavy atom. The molecule has 0 aromatic carbocycles. The molecule has 3 aliphatic rings. The lowest BCUT2D eigenvalue weighted by atomic mass is 9.65. The van der Waals surface area contributed by atoms with E-state index in [1.807, 2.05) is 20.8 Å². The molecule has 0 aromatic heterocycles. The smallest absolute Gasteiger partial charge is 0.109 e. The van der Waals surface area contributed by atoms with Gasteiger partial charge in [-0.3, -0.25) is 0 Å². The van der Waals surface area contributed by atoms with Crippen LogP contribution in [0.1, 0.15) is 33.6 Å². The van der Waals surface area contributed by atoms with Gasteiger partial charge in [0, 0.05) is 5.92 Å². The lowest BCUT2D eigenvalue weighted by molar-refractivity contribution is -0.309. The van der Waals surface area contributed by atoms with E-state index < -0.39 is 17.8 Å². The molecule has 3 heteroatoms. The van der Waals surface area contributed by atoms with E-state index in [0.717, 1.165) is 12.8 Å². The van der Waals surface area contributed by atoms with Crippen LogP contribution >= 0.6 is 0 Å². The topological polar surface area (TPSA) is 49.7 Å². The minimum atomic E-state index is -0.723. The van der Waals surface area contributed by atoms with Crippen molar-refractivity contribution >= 4 is 0 Å². The summed E-state index contributed by atoms with van der Waals surface area (Å²) in [6, 6.07) is 0. The minimum Gasteiger partial charge on any atom is -0.390 e. The number of ether oxygens (including phenoxy) is 1. The van der Waals surface area contributed by atoms with Gasteiger partial charge in [0.1, 0.15) is 6.10 Å². The van der Waals surface area contributed by atoms with Crippen LogP contribution in [0, 0.1) is 5.92 Å². The van der Waals surface area contributed by atoms with Crippen molar-refractivity contribution < 1.29 is 14.9 Å². The van der Waals surface area contributed by atoms with Gasteiger partial charge in [0.15, 0.2) is 0 Å². The maximum absolute atomic E-state index is 9.84. The fraction of sp³-hybridized carbons (Fsp3) is 1.00. The molecule has 13 heavy (non-hydrogen) atoms. The second-order valence-electron chi connectivity index (χ2n) is 5.10. The second kappa shape index (κ2) is 2.47. The quantitative estimate of drug-likeness (QED) is 0.585. The summed E-state index contributed by atoms with van der Waals surface area (Å²) in [6.07, 6.45) is 0.447. The average molecular weight is 186 g/mol. The van der Waals surface area contributed by atoms with Gasteiger partial charge in [-0.25, -0.2) is 0 Å². The van der Waals surface area contributed by atoms with E-state index in [4.69, 9.17) is 4.74 Å². The molecule has 2 aliphatic heterocycles. The molecule has 2 heterocycles. The Hall–Kier alpha value is -0.120. The number of hydrogen-bond acceptors (Lipinski definition) is 3. The van der Waals surface area contributed by atoms with Gasteiger partial charge in [-0.15, -0.1) is 0 Å². The van der Waals surface area contributed by atoms with Crippen molar-refractivity contribution in [3.05, 3.63) is 0 Å². The maximum atomic E-state index is 9.84. The Labute approximate surface area is 78.7 Å². The minimum absolute atomic E-state index is 0.0734. The van der Waals surface area contributed by atoms with Crippen LogP contribution in [0.25, 0.3) is 0 Å². The highest BCUT2D eigenvalue weighted by Gasteiger charge is 2.58. The zero-order chi connectivity index (χ0) is 9.85. The van der Waals surface area contributed by atoms with Gasteiger partial charge in [-0.1, -0.05) is 0 Å². The normalized spacial score (nSPS) is 53.8. The predicted molar refractivity (Wildman–Crippen MR) is 48.3 cm³/mol. The summed E-state index contributed by atoms with van der Waals surface area (Å²) >= 11 is 0. The lowest BCUT2D eigenvalue weighted by Crippen LogP contribution is -2.68. The fourth-order valence-corrected chi connectivity index (χ4v) is 2.89. The first-order valence-corrected chi connectivity index (χ1v) is 4.93. The van der Waals surface area contributed by atoms with E-state index in [2.05, 4.69) is 0 Å². The van der Waals surface area contributed by atoms with Crippen molar-refractivity contribution in [3.63, 3.8) is 0 Å². The maximum Gasteiger partial charge on any atom is 0.109 e. The highest BCUT2D eigenvalue weighted by Crippen LogP contribution is 2.49. The summed E-state index contributed by atoms with van der Waals surface area (Å²) in [5.74, 6) is 0.0734. The zero-order valence-corrected chi connectivity index (χ0v) is 8.45. The van der Waals surface area contributed by atoms with Crippen LogP contribution in [0.4, 0.5) is 0 Å². The van der Waals surface area contributed by atoms with Gasteiger partial charge in [-0.2, -0.15) is 0 Å². The van der Waals surface area contributed by atoms with Crippen LogP contribution in [0.2, 0.25) is 0 Å². The van der Waals surface area contributed by atoms with Crippen LogP contribution in [-0.2, 0) is 4.74 Å². The number of fused-ring (bicyclic) bond motifs is 3. The summed E-state index contributed by atoms with van der Waals surface area (Å²) in [5.41, 5.74) is -0.844. The summed E-state index contributed by atoms with van der Waals surface area (Å²) in [5, 5.41) is 19.6. The molecule has 3 fully saturated rings. The van der Waals surface area contributed by atoms with Crippen molar-refractivity contribution in [2.75, 3.05) is 0 Å². The molecule has 0 radical (unpaired) electrons. The highest BCUT2D eigenvalue weighted by atomic mass is 16.5. The molecule has 0 unspecified atom stereocenters. The Kier molecular flexibility index (Phi) is 1.79. The average Bonchev–Trinajstić information content (AvgIpc) is 1.97. The Morgan fingerprint density at radius 3 is 2.31 bits per heavy atom. The van der Waals surface area contributed by atoms with Crippen molar-refractivity contribution in [1.29, 1.82) is 0 Å². The van der Waals surface area contributed by atoms with Gasteiger partial charge in [-0.05, 0) is 33.6 Å². The third kappa shape index (κ3) is 1.14. The monoisotopic (exact) mass is 186 g/mol. The first-order valence-electron chi connectivity index (χ1n) is 4.93. The van der Waals surface area contributed by atoms with Gasteiger partial charge in [0.25, 0.3) is 0 Å². The van der Waals surface area contributed by atoms with Crippen LogP contribution < -0.4 is 0 Å². The third-order valence-electron chi connectivity index (χ3n) is 3.70. The van der Waals surface area contributed by atoms with Crippen molar-refractivity contribution in [3.8, 4) is 0 Å². The third-order valence-corrected chi connectivity index (χ3v) is 3.70. The number of aliphatic hydroxyl groups excluding tert-OH is 2. The summed E-state index contributed by atoms with van der Waals surface area (Å²) in [7, 11) is 0. The molecule has 2 saturated heterocycles. The first kappa shape index (κ1) is 9.44.